The summed E-state index contributed by atoms with van der Waals surface area (Å²) in [4.78, 5) is 28.4. The van der Waals surface area contributed by atoms with E-state index < -0.39 is 29.5 Å². The van der Waals surface area contributed by atoms with Crippen LogP contribution >= 0.6 is 0 Å². The minimum Gasteiger partial charge on any atom is -0.496 e. The van der Waals surface area contributed by atoms with Gasteiger partial charge in [-0.1, -0.05) is 36.4 Å². The first-order chi connectivity index (χ1) is 17.0. The Morgan fingerprint density at radius 1 is 0.943 bits per heavy atom. The topological polar surface area (TPSA) is 71.8 Å². The van der Waals surface area contributed by atoms with E-state index in [1.54, 1.807) is 36.4 Å². The standard InChI is InChI=1S/C27H22F2N2O4/c1-34-23-10-5-2-7-18(23)17-31(27(33)24-11-6-16-35-24)25(21-8-3-4-9-22(21)29)26(32)30-20-14-12-19(28)13-15-20/h2-16,25H,17H2,1H3,(H,30,32). The van der Waals surface area contributed by atoms with Crippen molar-refractivity contribution in [3.05, 3.63) is 120 Å². The molecule has 3 aromatic carbocycles. The third-order valence-electron chi connectivity index (χ3n) is 5.40. The highest BCUT2D eigenvalue weighted by atomic mass is 19.1. The molecule has 1 aromatic heterocycles. The largest absolute Gasteiger partial charge is 0.496 e. The molecule has 1 atom stereocenters. The summed E-state index contributed by atoms with van der Waals surface area (Å²) in [5.41, 5.74) is 0.883. The molecule has 6 nitrogen and oxygen atoms in total. The number of halogens is 2. The van der Waals surface area contributed by atoms with Crippen molar-refractivity contribution in [2.24, 2.45) is 0 Å². The molecule has 4 aromatic rings. The zero-order chi connectivity index (χ0) is 24.8. The second kappa shape index (κ2) is 10.6. The second-order valence-corrected chi connectivity index (χ2v) is 7.64. The van der Waals surface area contributed by atoms with Crippen molar-refractivity contribution < 1.29 is 27.5 Å². The number of carbonyl (C=O) groups is 2. The second-order valence-electron chi connectivity index (χ2n) is 7.64. The molecule has 1 heterocycles. The monoisotopic (exact) mass is 476 g/mol. The lowest BCUT2D eigenvalue weighted by Crippen LogP contribution is -2.41. The van der Waals surface area contributed by atoms with Crippen molar-refractivity contribution in [3.8, 4) is 5.75 Å². The van der Waals surface area contributed by atoms with Gasteiger partial charge >= 0.3 is 0 Å². The van der Waals surface area contributed by atoms with Crippen LogP contribution in [-0.2, 0) is 11.3 Å². The zero-order valence-electron chi connectivity index (χ0n) is 18.8. The molecule has 0 bridgehead atoms. The van der Waals surface area contributed by atoms with Crippen LogP contribution in [0.4, 0.5) is 14.5 Å². The smallest absolute Gasteiger partial charge is 0.290 e. The molecule has 8 heteroatoms. The Morgan fingerprint density at radius 2 is 1.66 bits per heavy atom. The van der Waals surface area contributed by atoms with Crippen LogP contribution in [0.5, 0.6) is 5.75 Å². The fourth-order valence-electron chi connectivity index (χ4n) is 3.73. The van der Waals surface area contributed by atoms with E-state index in [9.17, 15) is 14.0 Å². The molecule has 0 saturated carbocycles. The number of benzene rings is 3. The summed E-state index contributed by atoms with van der Waals surface area (Å²) >= 11 is 0. The molecule has 0 radical (unpaired) electrons. The summed E-state index contributed by atoms with van der Waals surface area (Å²) in [6.45, 7) is -0.0839. The molecular formula is C27H22F2N2O4. The number of nitrogens with one attached hydrogen (secondary N) is 1. The Labute approximate surface area is 200 Å². The van der Waals surface area contributed by atoms with Crippen molar-refractivity contribution in [2.75, 3.05) is 12.4 Å². The van der Waals surface area contributed by atoms with Crippen molar-refractivity contribution >= 4 is 17.5 Å². The number of furan rings is 1. The van der Waals surface area contributed by atoms with E-state index in [2.05, 4.69) is 5.32 Å². The third-order valence-corrected chi connectivity index (χ3v) is 5.40. The molecule has 0 aliphatic rings. The highest BCUT2D eigenvalue weighted by molar-refractivity contribution is 6.00. The number of amides is 2. The van der Waals surface area contributed by atoms with Gasteiger partial charge in [-0.2, -0.15) is 0 Å². The van der Waals surface area contributed by atoms with E-state index >= 15 is 4.39 Å². The molecule has 0 spiro atoms. The maximum absolute atomic E-state index is 15.0. The van der Waals surface area contributed by atoms with Gasteiger partial charge < -0.3 is 19.4 Å². The van der Waals surface area contributed by atoms with E-state index in [4.69, 9.17) is 9.15 Å². The van der Waals surface area contributed by atoms with Gasteiger partial charge in [0.1, 0.15) is 23.4 Å². The number of carbonyl (C=O) groups excluding carboxylic acids is 2. The van der Waals surface area contributed by atoms with Gasteiger partial charge in [0.2, 0.25) is 0 Å². The third kappa shape index (κ3) is 5.38. The molecule has 0 aliphatic carbocycles. The summed E-state index contributed by atoms with van der Waals surface area (Å²) in [5, 5.41) is 2.66. The normalized spacial score (nSPS) is 11.5. The van der Waals surface area contributed by atoms with Gasteiger partial charge in [0, 0.05) is 16.8 Å². The van der Waals surface area contributed by atoms with Crippen LogP contribution in [0, 0.1) is 11.6 Å². The first kappa shape index (κ1) is 23.7. The lowest BCUT2D eigenvalue weighted by Gasteiger charge is -2.31. The minimum atomic E-state index is -1.39. The van der Waals surface area contributed by atoms with Crippen molar-refractivity contribution in [3.63, 3.8) is 0 Å². The Kier molecular flexibility index (Phi) is 7.21. The SMILES string of the molecule is COc1ccccc1CN(C(=O)c1ccco1)C(C(=O)Nc1ccc(F)cc1)c1ccccc1F. The molecule has 4 rings (SSSR count). The summed E-state index contributed by atoms with van der Waals surface area (Å²) in [5.74, 6) is -1.96. The number of para-hydroxylation sites is 1. The lowest BCUT2D eigenvalue weighted by atomic mass is 10.0. The molecule has 0 fully saturated rings. The van der Waals surface area contributed by atoms with E-state index in [-0.39, 0.29) is 17.9 Å². The van der Waals surface area contributed by atoms with E-state index in [1.165, 1.54) is 66.8 Å². The highest BCUT2D eigenvalue weighted by Crippen LogP contribution is 2.31. The lowest BCUT2D eigenvalue weighted by molar-refractivity contribution is -0.121. The predicted octanol–water partition coefficient (Wildman–Crippen LogP) is 5.59. The fourth-order valence-corrected chi connectivity index (χ4v) is 3.73. The van der Waals surface area contributed by atoms with Gasteiger partial charge in [0.05, 0.1) is 19.9 Å². The maximum Gasteiger partial charge on any atom is 0.290 e. The van der Waals surface area contributed by atoms with Crippen LogP contribution in [0.3, 0.4) is 0 Å². The van der Waals surface area contributed by atoms with E-state index in [0.717, 1.165) is 0 Å². The van der Waals surface area contributed by atoms with E-state index in [0.29, 0.717) is 17.0 Å². The number of rotatable bonds is 8. The summed E-state index contributed by atoms with van der Waals surface area (Å²) in [6, 6.07) is 19.5. The fraction of sp³-hybridized carbons (Fsp3) is 0.111. The first-order valence-electron chi connectivity index (χ1n) is 10.7. The molecule has 178 valence electrons. The molecule has 1 unspecified atom stereocenters. The van der Waals surface area contributed by atoms with Crippen molar-refractivity contribution in [1.29, 1.82) is 0 Å². The Balaban J connectivity index is 1.81. The molecule has 0 aliphatic heterocycles. The molecule has 35 heavy (non-hydrogen) atoms. The van der Waals surface area contributed by atoms with Crippen LogP contribution < -0.4 is 10.1 Å². The number of hydrogen-bond acceptors (Lipinski definition) is 4. The molecule has 2 amide bonds. The van der Waals surface area contributed by atoms with Gasteiger partial charge in [-0.15, -0.1) is 0 Å². The zero-order valence-corrected chi connectivity index (χ0v) is 18.8. The van der Waals surface area contributed by atoms with Crippen LogP contribution in [0.25, 0.3) is 0 Å². The predicted molar refractivity (Wildman–Crippen MR) is 126 cm³/mol. The summed E-state index contributed by atoms with van der Waals surface area (Å²) in [7, 11) is 1.49. The van der Waals surface area contributed by atoms with Crippen molar-refractivity contribution in [1.82, 2.24) is 4.90 Å². The number of anilines is 1. The molecule has 1 N–H and O–H groups in total. The first-order valence-corrected chi connectivity index (χ1v) is 10.7. The van der Waals surface area contributed by atoms with Gasteiger partial charge in [0.15, 0.2) is 5.76 Å². The maximum atomic E-state index is 15.0. The van der Waals surface area contributed by atoms with Gasteiger partial charge in [-0.3, -0.25) is 9.59 Å². The van der Waals surface area contributed by atoms with Crippen LogP contribution in [0.2, 0.25) is 0 Å². The van der Waals surface area contributed by atoms with Crippen LogP contribution in [0.1, 0.15) is 27.7 Å². The van der Waals surface area contributed by atoms with E-state index in [1.807, 2.05) is 0 Å². The summed E-state index contributed by atoms with van der Waals surface area (Å²) in [6.07, 6.45) is 1.34. The molecule has 0 saturated heterocycles. The van der Waals surface area contributed by atoms with Crippen LogP contribution in [0.15, 0.2) is 95.6 Å². The number of methoxy groups -OCH3 is 1. The van der Waals surface area contributed by atoms with Gasteiger partial charge in [-0.05, 0) is 48.5 Å². The Bertz CT molecular complexity index is 1310. The quantitative estimate of drug-likeness (QED) is 0.360. The number of hydrogen-bond donors (Lipinski definition) is 1. The van der Waals surface area contributed by atoms with Crippen LogP contribution in [-0.4, -0.2) is 23.8 Å². The summed E-state index contributed by atoms with van der Waals surface area (Å²) < 4.78 is 39.1. The Morgan fingerprint density at radius 3 is 2.34 bits per heavy atom. The average molecular weight is 476 g/mol. The van der Waals surface area contributed by atoms with Crippen molar-refractivity contribution in [2.45, 2.75) is 12.6 Å². The Hall–Kier alpha value is -4.46. The average Bonchev–Trinajstić information content (AvgIpc) is 3.41. The minimum absolute atomic E-state index is 0.0121. The number of ether oxygens (including phenoxy) is 1. The van der Waals surface area contributed by atoms with Gasteiger partial charge in [0.25, 0.3) is 11.8 Å². The molecular weight excluding hydrogens is 454 g/mol. The highest BCUT2D eigenvalue weighted by Gasteiger charge is 2.35. The van der Waals surface area contributed by atoms with Gasteiger partial charge in [-0.25, -0.2) is 8.78 Å². The number of nitrogens with zero attached hydrogens (tertiary/aromatic N) is 1.